The van der Waals surface area contributed by atoms with Crippen molar-refractivity contribution in [3.63, 3.8) is 0 Å². The van der Waals surface area contributed by atoms with Crippen LogP contribution in [0.15, 0.2) is 34.4 Å². The number of carbonyl (C=O) groups is 3. The van der Waals surface area contributed by atoms with Crippen LogP contribution < -0.4 is 15.6 Å². The first-order chi connectivity index (χ1) is 18.0. The van der Waals surface area contributed by atoms with Crippen LogP contribution in [0.4, 0.5) is 10.1 Å². The number of aliphatic hydroxyl groups is 1. The van der Waals surface area contributed by atoms with Gasteiger partial charge in [-0.2, -0.15) is 0 Å². The number of aromatic nitrogens is 1. The van der Waals surface area contributed by atoms with Gasteiger partial charge in [0, 0.05) is 43.8 Å². The molecule has 1 aromatic carbocycles. The van der Waals surface area contributed by atoms with Crippen molar-refractivity contribution in [2.75, 3.05) is 24.5 Å². The Morgan fingerprint density at radius 2 is 1.95 bits per heavy atom. The number of benzene rings is 1. The summed E-state index contributed by atoms with van der Waals surface area (Å²) >= 11 is 0. The van der Waals surface area contributed by atoms with Crippen LogP contribution in [0.1, 0.15) is 37.0 Å². The molecule has 0 radical (unpaired) electrons. The van der Waals surface area contributed by atoms with Crippen LogP contribution in [0.25, 0.3) is 10.9 Å². The molecule has 1 aromatic heterocycles. The Hall–Kier alpha value is -3.77. The van der Waals surface area contributed by atoms with Gasteiger partial charge in [-0.05, 0) is 44.4 Å². The third kappa shape index (κ3) is 4.04. The minimum Gasteiger partial charge on any atom is -0.477 e. The molecule has 5 rings (SSSR count). The van der Waals surface area contributed by atoms with Crippen molar-refractivity contribution in [3.8, 4) is 0 Å². The highest BCUT2D eigenvalue weighted by atomic mass is 19.1. The van der Waals surface area contributed by atoms with Gasteiger partial charge in [-0.25, -0.2) is 14.0 Å². The number of hydrogen-bond donors (Lipinski definition) is 4. The Morgan fingerprint density at radius 3 is 2.58 bits per heavy atom. The molecule has 0 bridgehead atoms. The topological polar surface area (TPSA) is 152 Å². The van der Waals surface area contributed by atoms with E-state index >= 15 is 4.39 Å². The average Bonchev–Trinajstić information content (AvgIpc) is 3.45. The minimum atomic E-state index is -1.36. The van der Waals surface area contributed by atoms with Crippen molar-refractivity contribution in [3.05, 3.63) is 51.2 Å². The molecule has 2 fully saturated rings. The second-order valence-corrected chi connectivity index (χ2v) is 10.1. The molecular formula is C26H29FN4O7. The van der Waals surface area contributed by atoms with Gasteiger partial charge in [-0.15, -0.1) is 0 Å². The number of aliphatic carboxylic acids is 1. The Bertz CT molecular complexity index is 1450. The van der Waals surface area contributed by atoms with E-state index in [1.54, 1.807) is 17.6 Å². The van der Waals surface area contributed by atoms with Crippen LogP contribution in [0.3, 0.4) is 0 Å². The molecule has 0 spiro atoms. The van der Waals surface area contributed by atoms with Crippen LogP contribution in [-0.2, 0) is 16.1 Å². The zero-order valence-corrected chi connectivity index (χ0v) is 21.0. The van der Waals surface area contributed by atoms with E-state index in [-0.39, 0.29) is 35.6 Å². The molecule has 12 heteroatoms. The summed E-state index contributed by atoms with van der Waals surface area (Å²) in [5, 5.41) is 32.3. The number of fused-ring (bicyclic) bond motifs is 2. The summed E-state index contributed by atoms with van der Waals surface area (Å²) < 4.78 is 16.8. The maximum Gasteiger partial charge on any atom is 0.352 e. The van der Waals surface area contributed by atoms with E-state index < -0.39 is 40.8 Å². The summed E-state index contributed by atoms with van der Waals surface area (Å²) in [6, 6.07) is 2.23. The monoisotopic (exact) mass is 528 g/mol. The Balaban J connectivity index is 1.33. The third-order valence-corrected chi connectivity index (χ3v) is 7.88. The van der Waals surface area contributed by atoms with Gasteiger partial charge in [0.05, 0.1) is 29.3 Å². The largest absolute Gasteiger partial charge is 0.477 e. The summed E-state index contributed by atoms with van der Waals surface area (Å²) in [5.74, 6) is -4.15. The maximum absolute atomic E-state index is 15.2. The molecule has 38 heavy (non-hydrogen) atoms. The van der Waals surface area contributed by atoms with Crippen molar-refractivity contribution in [1.82, 2.24) is 14.8 Å². The smallest absolute Gasteiger partial charge is 0.352 e. The molecule has 202 valence electrons. The quantitative estimate of drug-likeness (QED) is 0.367. The van der Waals surface area contributed by atoms with Gasteiger partial charge in [0.1, 0.15) is 17.1 Å². The van der Waals surface area contributed by atoms with Gasteiger partial charge in [-0.1, -0.05) is 0 Å². The molecule has 1 unspecified atom stereocenters. The molecule has 3 aliphatic heterocycles. The van der Waals surface area contributed by atoms with Gasteiger partial charge < -0.3 is 35.0 Å². The molecule has 4 atom stereocenters. The number of carbonyl (C=O) groups excluding carboxylic acids is 1. The normalized spacial score (nSPS) is 23.7. The van der Waals surface area contributed by atoms with Crippen LogP contribution >= 0.6 is 0 Å². The fourth-order valence-electron chi connectivity index (χ4n) is 5.99. The highest BCUT2D eigenvalue weighted by molar-refractivity contribution is 5.99. The molecule has 11 nitrogen and oxygen atoms in total. The zero-order chi connectivity index (χ0) is 27.5. The second kappa shape index (κ2) is 9.52. The fourth-order valence-corrected chi connectivity index (χ4v) is 5.99. The lowest BCUT2D eigenvalue weighted by molar-refractivity contribution is -0.161. The van der Waals surface area contributed by atoms with Gasteiger partial charge in [-0.3, -0.25) is 9.59 Å². The van der Waals surface area contributed by atoms with E-state index in [4.69, 9.17) is 0 Å². The first kappa shape index (κ1) is 25.9. The molecule has 4 heterocycles. The van der Waals surface area contributed by atoms with E-state index in [0.717, 1.165) is 6.07 Å². The summed E-state index contributed by atoms with van der Waals surface area (Å²) in [7, 11) is 0. The molecule has 0 aliphatic carbocycles. The summed E-state index contributed by atoms with van der Waals surface area (Å²) in [5.41, 5.74) is 0.161. The zero-order valence-electron chi connectivity index (χ0n) is 21.0. The number of aliphatic hydroxyl groups excluding tert-OH is 1. The number of β-lactam (4-membered cyclic amide) rings is 1. The van der Waals surface area contributed by atoms with E-state index in [0.29, 0.717) is 49.3 Å². The molecule has 1 amide bonds. The first-order valence-electron chi connectivity index (χ1n) is 12.6. The number of halogens is 1. The number of aromatic carboxylic acids is 1. The Morgan fingerprint density at radius 1 is 1.21 bits per heavy atom. The Kier molecular flexibility index (Phi) is 6.48. The molecule has 4 N–H and O–H groups in total. The number of carboxylic acids is 2. The highest BCUT2D eigenvalue weighted by Gasteiger charge is 2.56. The summed E-state index contributed by atoms with van der Waals surface area (Å²) in [6.45, 7) is 4.93. The van der Waals surface area contributed by atoms with Crippen molar-refractivity contribution >= 4 is 34.4 Å². The summed E-state index contributed by atoms with van der Waals surface area (Å²) in [6.07, 6.45) is 1.45. The second-order valence-electron chi connectivity index (χ2n) is 10.1. The van der Waals surface area contributed by atoms with E-state index in [1.807, 2.05) is 4.90 Å². The standard InChI is InChI=1S/C26H29FN4O7/c1-3-29-11-16(25(35)36)23(33)15-7-17(27)19(8-18(15)29)30-5-4-14(10-30)28-9-13-6-20-21(12(2)32)24(34)31(20)22(13)26(37)38/h7-8,11-12,14,20-21,28,32H,3-6,9-10H2,1-2H3,(H,35,36)(H,37,38)/t12-,14?,20-,21+/m0/s1. The van der Waals surface area contributed by atoms with Crippen molar-refractivity contribution in [2.45, 2.75) is 51.4 Å². The van der Waals surface area contributed by atoms with Crippen molar-refractivity contribution in [1.29, 1.82) is 0 Å². The van der Waals surface area contributed by atoms with E-state index in [1.165, 1.54) is 18.0 Å². The number of amides is 1. The fraction of sp³-hybridized carbons (Fsp3) is 0.462. The highest BCUT2D eigenvalue weighted by Crippen LogP contribution is 2.43. The number of nitrogens with zero attached hydrogens (tertiary/aromatic N) is 3. The predicted molar refractivity (Wildman–Crippen MR) is 135 cm³/mol. The molecular weight excluding hydrogens is 499 g/mol. The van der Waals surface area contributed by atoms with Crippen molar-refractivity contribution < 1.29 is 34.1 Å². The first-order valence-corrected chi connectivity index (χ1v) is 12.6. The molecule has 3 aliphatic rings. The summed E-state index contributed by atoms with van der Waals surface area (Å²) in [4.78, 5) is 51.5. The average molecular weight is 529 g/mol. The minimum absolute atomic E-state index is 0.00548. The number of aryl methyl sites for hydroxylation is 1. The third-order valence-electron chi connectivity index (χ3n) is 7.88. The van der Waals surface area contributed by atoms with E-state index in [2.05, 4.69) is 5.32 Å². The molecule has 2 saturated heterocycles. The van der Waals surface area contributed by atoms with Gasteiger partial charge in [0.2, 0.25) is 11.3 Å². The lowest BCUT2D eigenvalue weighted by Crippen LogP contribution is -2.61. The van der Waals surface area contributed by atoms with Gasteiger partial charge in [0.15, 0.2) is 0 Å². The number of hydrogen-bond acceptors (Lipinski definition) is 7. The number of anilines is 1. The predicted octanol–water partition coefficient (Wildman–Crippen LogP) is 0.977. The van der Waals surface area contributed by atoms with Crippen LogP contribution in [0.2, 0.25) is 0 Å². The SMILES string of the molecule is CCn1cc(C(=O)O)c(=O)c2cc(F)c(N3CCC(NCC4=C(C(=O)O)N5C(=O)[C@H]([C@H](C)O)[C@@H]5C4)C3)cc21. The number of carboxylic acid groups (broad SMARTS) is 2. The van der Waals surface area contributed by atoms with Gasteiger partial charge in [0.25, 0.3) is 0 Å². The van der Waals surface area contributed by atoms with Crippen molar-refractivity contribution in [2.24, 2.45) is 5.92 Å². The maximum atomic E-state index is 15.2. The number of rotatable bonds is 8. The van der Waals surface area contributed by atoms with Gasteiger partial charge >= 0.3 is 11.9 Å². The number of pyridine rings is 1. The molecule has 0 saturated carbocycles. The lowest BCUT2D eigenvalue weighted by Gasteiger charge is -2.44. The molecule has 2 aromatic rings. The lowest BCUT2D eigenvalue weighted by atomic mass is 9.83. The number of nitrogens with one attached hydrogen (secondary N) is 1. The van der Waals surface area contributed by atoms with E-state index in [9.17, 15) is 34.5 Å². The van der Waals surface area contributed by atoms with Crippen LogP contribution in [-0.4, -0.2) is 80.5 Å². The van der Waals surface area contributed by atoms with Crippen LogP contribution in [0, 0.1) is 11.7 Å². The Labute approximate surface area is 216 Å². The van der Waals surface area contributed by atoms with Crippen LogP contribution in [0.5, 0.6) is 0 Å².